The number of hydrogen-bond donors (Lipinski definition) is 1. The van der Waals surface area contributed by atoms with E-state index in [2.05, 4.69) is 0 Å². The maximum Gasteiger partial charge on any atom is 0.310 e. The van der Waals surface area contributed by atoms with E-state index in [9.17, 15) is 14.2 Å². The number of carboxylic acid groups (broad SMARTS) is 1. The minimum atomic E-state index is -2.33. The Hall–Kier alpha value is -1.65. The summed E-state index contributed by atoms with van der Waals surface area (Å²) in [6, 6.07) is 9.84. The molecule has 1 N–H and O–H groups in total. The van der Waals surface area contributed by atoms with Gasteiger partial charge in [-0.15, -0.1) is 0 Å². The second-order valence-electron chi connectivity index (χ2n) is 6.52. The van der Waals surface area contributed by atoms with Crippen LogP contribution in [0.4, 0.5) is 0 Å². The highest BCUT2D eigenvalue weighted by molar-refractivity contribution is 7.45. The summed E-state index contributed by atoms with van der Waals surface area (Å²) in [6.45, 7) is 5.47. The Morgan fingerprint density at radius 1 is 1.15 bits per heavy atom. The van der Waals surface area contributed by atoms with Gasteiger partial charge in [0.15, 0.2) is 0 Å². The summed E-state index contributed by atoms with van der Waals surface area (Å²) < 4.78 is 24.0. The van der Waals surface area contributed by atoms with E-state index in [1.54, 1.807) is 6.92 Å². The molecule has 0 saturated carbocycles. The fraction of sp³-hybridized carbons (Fsp3) is 0.600. The molecule has 0 radical (unpaired) electrons. The van der Waals surface area contributed by atoms with Gasteiger partial charge in [-0.25, -0.2) is 0 Å². The first-order valence-corrected chi connectivity index (χ1v) is 11.3. The van der Waals surface area contributed by atoms with Gasteiger partial charge in [-0.3, -0.25) is 9.59 Å². The normalized spacial score (nSPS) is 13.7. The summed E-state index contributed by atoms with van der Waals surface area (Å²) in [5.74, 6) is -2.49. The average Bonchev–Trinajstić information content (AvgIpc) is 2.65. The van der Waals surface area contributed by atoms with Gasteiger partial charge < -0.3 is 19.1 Å². The summed E-state index contributed by atoms with van der Waals surface area (Å²) in [5.41, 5.74) is 1.12. The predicted molar refractivity (Wildman–Crippen MR) is 106 cm³/mol. The van der Waals surface area contributed by atoms with Crippen LogP contribution < -0.4 is 0 Å². The second kappa shape index (κ2) is 11.9. The summed E-state index contributed by atoms with van der Waals surface area (Å²) in [7, 11) is -2.33. The van der Waals surface area contributed by atoms with Gasteiger partial charge in [-0.1, -0.05) is 51.1 Å². The van der Waals surface area contributed by atoms with Crippen LogP contribution in [0.5, 0.6) is 0 Å². The molecule has 0 bridgehead atoms. The van der Waals surface area contributed by atoms with Crippen LogP contribution in [0.2, 0.25) is 0 Å². The van der Waals surface area contributed by atoms with Crippen molar-refractivity contribution in [2.75, 3.05) is 12.3 Å². The molecule has 0 saturated heterocycles. The van der Waals surface area contributed by atoms with E-state index >= 15 is 0 Å². The lowest BCUT2D eigenvalue weighted by atomic mass is 10.1. The average molecular weight is 398 g/mol. The fourth-order valence-electron chi connectivity index (χ4n) is 2.84. The molecule has 0 spiro atoms. The van der Waals surface area contributed by atoms with Crippen LogP contribution in [-0.2, 0) is 30.0 Å². The number of esters is 1. The first-order chi connectivity index (χ1) is 12.8. The highest BCUT2D eigenvalue weighted by atomic mass is 31.1. The lowest BCUT2D eigenvalue weighted by Crippen LogP contribution is -2.41. The minimum Gasteiger partial charge on any atom is -0.481 e. The van der Waals surface area contributed by atoms with Crippen molar-refractivity contribution in [3.63, 3.8) is 0 Å². The molecule has 0 fully saturated rings. The lowest BCUT2D eigenvalue weighted by Gasteiger charge is -2.35. The molecular weight excluding hydrogens is 367 g/mol. The summed E-state index contributed by atoms with van der Waals surface area (Å²) >= 11 is 0. The molecule has 1 aromatic rings. The number of aliphatic carboxylic acids is 1. The van der Waals surface area contributed by atoms with Crippen molar-refractivity contribution < 1.29 is 28.7 Å². The van der Waals surface area contributed by atoms with Crippen molar-refractivity contribution in [2.24, 2.45) is 0 Å². The van der Waals surface area contributed by atoms with Crippen molar-refractivity contribution in [1.29, 1.82) is 0 Å². The van der Waals surface area contributed by atoms with Gasteiger partial charge in [0.05, 0.1) is 20.1 Å². The Balaban J connectivity index is 2.90. The van der Waals surface area contributed by atoms with Crippen LogP contribution >= 0.6 is 7.80 Å². The summed E-state index contributed by atoms with van der Waals surface area (Å²) in [6.07, 6.45) is 1.83. The molecule has 6 nitrogen and oxygen atoms in total. The van der Waals surface area contributed by atoms with Gasteiger partial charge in [-0.2, -0.15) is 0 Å². The zero-order valence-electron chi connectivity index (χ0n) is 16.4. The molecule has 0 aromatic heterocycles. The van der Waals surface area contributed by atoms with E-state index in [4.69, 9.17) is 14.6 Å². The third kappa shape index (κ3) is 8.72. The highest BCUT2D eigenvalue weighted by Gasteiger charge is 2.35. The van der Waals surface area contributed by atoms with E-state index in [0.717, 1.165) is 5.56 Å². The van der Waals surface area contributed by atoms with Crippen LogP contribution in [0, 0.1) is 0 Å². The number of rotatable bonds is 13. The second-order valence-corrected chi connectivity index (χ2v) is 8.36. The standard InChI is InChI=1S/C20H31O6P/c1-4-19(23)26-20(5-2,6-3)25-17(14-27(24)15-18(21)22)13-12-16-10-8-7-9-11-16/h7-11,17,27H,4-6,12-15H2,1-3H3,(H,21,22). The van der Waals surface area contributed by atoms with Crippen LogP contribution in [-0.4, -0.2) is 41.3 Å². The topological polar surface area (TPSA) is 89.9 Å². The quantitative estimate of drug-likeness (QED) is 0.305. The van der Waals surface area contributed by atoms with Gasteiger partial charge in [0.25, 0.3) is 0 Å². The molecule has 0 amide bonds. The molecule has 152 valence electrons. The van der Waals surface area contributed by atoms with Gasteiger partial charge >= 0.3 is 11.9 Å². The third-order valence-corrected chi connectivity index (χ3v) is 6.06. The summed E-state index contributed by atoms with van der Waals surface area (Å²) in [4.78, 5) is 22.7. The number of carbonyl (C=O) groups is 2. The van der Waals surface area contributed by atoms with Crippen LogP contribution in [0.25, 0.3) is 0 Å². The monoisotopic (exact) mass is 398 g/mol. The number of benzene rings is 1. The van der Waals surface area contributed by atoms with E-state index in [-0.39, 0.29) is 24.7 Å². The number of carboxylic acids is 1. The van der Waals surface area contributed by atoms with Crippen molar-refractivity contribution in [2.45, 2.75) is 64.8 Å². The first-order valence-electron chi connectivity index (χ1n) is 9.51. The molecule has 0 aliphatic carbocycles. The highest BCUT2D eigenvalue weighted by Crippen LogP contribution is 2.31. The van der Waals surface area contributed by atoms with Crippen molar-refractivity contribution in [3.8, 4) is 0 Å². The van der Waals surface area contributed by atoms with Gasteiger partial charge in [0.2, 0.25) is 5.79 Å². The third-order valence-electron chi connectivity index (χ3n) is 4.45. The molecule has 2 atom stereocenters. The van der Waals surface area contributed by atoms with E-state index < -0.39 is 25.7 Å². The zero-order valence-corrected chi connectivity index (χ0v) is 17.4. The smallest absolute Gasteiger partial charge is 0.310 e. The SMILES string of the molecule is CCC(=O)OC(CC)(CC)OC(CCc1ccccc1)C[PH](=O)CC(=O)O. The van der Waals surface area contributed by atoms with Crippen molar-refractivity contribution in [3.05, 3.63) is 35.9 Å². The Morgan fingerprint density at radius 3 is 2.30 bits per heavy atom. The van der Waals surface area contributed by atoms with E-state index in [0.29, 0.717) is 25.7 Å². The zero-order chi connectivity index (χ0) is 20.3. The molecule has 7 heteroatoms. The number of hydrogen-bond acceptors (Lipinski definition) is 5. The predicted octanol–water partition coefficient (Wildman–Crippen LogP) is 4.12. The number of carbonyl (C=O) groups excluding carboxylic acids is 1. The maximum absolute atomic E-state index is 12.2. The molecule has 1 aromatic carbocycles. The van der Waals surface area contributed by atoms with E-state index in [1.807, 2.05) is 44.2 Å². The fourth-order valence-corrected chi connectivity index (χ4v) is 4.12. The molecule has 0 aliphatic heterocycles. The Kier molecular flexibility index (Phi) is 10.3. The molecule has 2 unspecified atom stereocenters. The first kappa shape index (κ1) is 23.4. The largest absolute Gasteiger partial charge is 0.481 e. The van der Waals surface area contributed by atoms with Gasteiger partial charge in [0.1, 0.15) is 0 Å². The molecule has 0 heterocycles. The van der Waals surface area contributed by atoms with Crippen molar-refractivity contribution in [1.82, 2.24) is 0 Å². The van der Waals surface area contributed by atoms with Crippen LogP contribution in [0.1, 0.15) is 52.0 Å². The van der Waals surface area contributed by atoms with Crippen LogP contribution in [0.3, 0.4) is 0 Å². The maximum atomic E-state index is 12.2. The molecule has 27 heavy (non-hydrogen) atoms. The van der Waals surface area contributed by atoms with Crippen molar-refractivity contribution >= 4 is 19.7 Å². The summed E-state index contributed by atoms with van der Waals surface area (Å²) in [5, 5.41) is 8.90. The molecule has 0 aliphatic rings. The van der Waals surface area contributed by atoms with Crippen LogP contribution in [0.15, 0.2) is 30.3 Å². The van der Waals surface area contributed by atoms with Gasteiger partial charge in [-0.05, 0) is 18.4 Å². The van der Waals surface area contributed by atoms with E-state index in [1.165, 1.54) is 0 Å². The Labute approximate surface area is 162 Å². The Morgan fingerprint density at radius 2 is 1.78 bits per heavy atom. The number of aryl methyl sites for hydroxylation is 1. The molecule has 1 rings (SSSR count). The van der Waals surface area contributed by atoms with Gasteiger partial charge in [0, 0.05) is 25.4 Å². The minimum absolute atomic E-state index is 0.162. The number of ether oxygens (including phenoxy) is 2. The molecular formula is C20H31O6P. The Bertz CT molecular complexity index is 612. The lowest BCUT2D eigenvalue weighted by molar-refractivity contribution is -0.250.